The molecule has 0 spiro atoms. The van der Waals surface area contributed by atoms with Gasteiger partial charge in [-0.2, -0.15) is 4.31 Å². The van der Waals surface area contributed by atoms with Crippen molar-refractivity contribution in [3.63, 3.8) is 0 Å². The van der Waals surface area contributed by atoms with Crippen molar-refractivity contribution in [2.75, 3.05) is 18.4 Å². The average Bonchev–Trinajstić information content (AvgIpc) is 3.22. The maximum Gasteiger partial charge on any atom is 0.248 e. The fourth-order valence-corrected chi connectivity index (χ4v) is 6.83. The summed E-state index contributed by atoms with van der Waals surface area (Å²) in [5, 5.41) is 6.91. The number of carbonyl (C=O) groups excluding carboxylic acids is 1. The molecule has 0 saturated carbocycles. The normalized spacial score (nSPS) is 15.4. The SMILES string of the molecule is Cc1cc(C)c(/C=C/c2onc(C)c2S(=O)(=O)N2CCC(C(=O)Nc3ccc(Br)c(C)c3)CC2)c(C)c1. The molecule has 9 heteroatoms. The zero-order valence-electron chi connectivity index (χ0n) is 21.8. The van der Waals surface area contributed by atoms with Crippen LogP contribution in [0.4, 0.5) is 5.69 Å². The van der Waals surface area contributed by atoms with Gasteiger partial charge >= 0.3 is 0 Å². The van der Waals surface area contributed by atoms with Gasteiger partial charge in [0.05, 0.1) is 0 Å². The smallest absolute Gasteiger partial charge is 0.248 e. The first kappa shape index (κ1) is 27.3. The molecule has 1 fully saturated rings. The van der Waals surface area contributed by atoms with Crippen LogP contribution >= 0.6 is 15.9 Å². The molecule has 0 atom stereocenters. The van der Waals surface area contributed by atoms with Gasteiger partial charge in [0.2, 0.25) is 15.9 Å². The molecule has 3 aromatic rings. The number of hydrogen-bond acceptors (Lipinski definition) is 5. The molecule has 0 bridgehead atoms. The summed E-state index contributed by atoms with van der Waals surface area (Å²) in [5.41, 5.74) is 6.49. The third-order valence-corrected chi connectivity index (χ3v) is 9.77. The minimum Gasteiger partial charge on any atom is -0.355 e. The number of amides is 1. The lowest BCUT2D eigenvalue weighted by atomic mass is 9.97. The number of benzene rings is 2. The van der Waals surface area contributed by atoms with E-state index < -0.39 is 10.0 Å². The lowest BCUT2D eigenvalue weighted by molar-refractivity contribution is -0.120. The van der Waals surface area contributed by atoms with E-state index in [0.717, 1.165) is 32.4 Å². The van der Waals surface area contributed by atoms with Gasteiger partial charge in [0.25, 0.3) is 0 Å². The van der Waals surface area contributed by atoms with Crippen LogP contribution in [0.25, 0.3) is 12.2 Å². The molecule has 2 heterocycles. The number of anilines is 1. The fraction of sp³-hybridized carbons (Fsp3) is 0.357. The Morgan fingerprint density at radius 1 is 1.03 bits per heavy atom. The number of rotatable bonds is 6. The molecule has 0 aliphatic carbocycles. The zero-order chi connectivity index (χ0) is 26.9. The predicted octanol–water partition coefficient (Wildman–Crippen LogP) is 6.19. The first-order valence-electron chi connectivity index (χ1n) is 12.3. The summed E-state index contributed by atoms with van der Waals surface area (Å²) in [4.78, 5) is 12.9. The highest BCUT2D eigenvalue weighted by Crippen LogP contribution is 2.30. The molecule has 0 unspecified atom stereocenters. The summed E-state index contributed by atoms with van der Waals surface area (Å²) in [6, 6.07) is 9.83. The van der Waals surface area contributed by atoms with E-state index in [1.54, 1.807) is 13.0 Å². The number of hydrogen-bond donors (Lipinski definition) is 1. The molecular weight excluding hydrogens is 554 g/mol. The summed E-state index contributed by atoms with van der Waals surface area (Å²) in [6.07, 6.45) is 4.44. The molecule has 1 amide bonds. The number of aromatic nitrogens is 1. The molecule has 1 aliphatic heterocycles. The van der Waals surface area contributed by atoms with Gasteiger partial charge in [0, 0.05) is 29.2 Å². The second-order valence-electron chi connectivity index (χ2n) is 9.74. The van der Waals surface area contributed by atoms with E-state index in [0.29, 0.717) is 18.5 Å². The first-order chi connectivity index (χ1) is 17.5. The van der Waals surface area contributed by atoms with Crippen LogP contribution in [0.1, 0.15) is 52.1 Å². The van der Waals surface area contributed by atoms with Crippen molar-refractivity contribution in [3.8, 4) is 0 Å². The number of halogens is 1. The molecule has 37 heavy (non-hydrogen) atoms. The number of piperidine rings is 1. The van der Waals surface area contributed by atoms with Gasteiger partial charge < -0.3 is 9.84 Å². The van der Waals surface area contributed by atoms with E-state index in [9.17, 15) is 13.2 Å². The van der Waals surface area contributed by atoms with Crippen LogP contribution in [0.15, 0.2) is 44.2 Å². The molecule has 4 rings (SSSR count). The maximum absolute atomic E-state index is 13.6. The standard InChI is InChI=1S/C28H32BrN3O4S/c1-17-14-18(2)24(19(3)15-17)7-9-26-27(21(5)31-36-26)37(34,35)32-12-10-22(11-13-32)28(33)30-23-6-8-25(29)20(4)16-23/h6-9,14-16,22H,10-13H2,1-5H3,(H,30,33)/b9-7+. The van der Waals surface area contributed by atoms with Crippen molar-refractivity contribution in [1.29, 1.82) is 0 Å². The van der Waals surface area contributed by atoms with Gasteiger partial charge in [-0.3, -0.25) is 4.79 Å². The van der Waals surface area contributed by atoms with Crippen molar-refractivity contribution in [3.05, 3.63) is 74.1 Å². The Kier molecular flexibility index (Phi) is 8.06. The number of nitrogens with one attached hydrogen (secondary N) is 1. The van der Waals surface area contributed by atoms with Crippen LogP contribution in [0.2, 0.25) is 0 Å². The Labute approximate surface area is 227 Å². The van der Waals surface area contributed by atoms with Gasteiger partial charge in [-0.1, -0.05) is 44.9 Å². The molecule has 1 saturated heterocycles. The van der Waals surface area contributed by atoms with Gasteiger partial charge in [-0.15, -0.1) is 0 Å². The molecule has 0 radical (unpaired) electrons. The summed E-state index contributed by atoms with van der Waals surface area (Å²) < 4.78 is 35.0. The van der Waals surface area contributed by atoms with Gasteiger partial charge in [0.15, 0.2) is 10.7 Å². The quantitative estimate of drug-likeness (QED) is 0.372. The molecule has 2 aromatic carbocycles. The minimum atomic E-state index is -3.84. The largest absolute Gasteiger partial charge is 0.355 e. The second-order valence-corrected chi connectivity index (χ2v) is 12.5. The molecule has 196 valence electrons. The Balaban J connectivity index is 1.48. The summed E-state index contributed by atoms with van der Waals surface area (Å²) in [6.45, 7) is 10.2. The van der Waals surface area contributed by atoms with E-state index in [1.165, 1.54) is 9.87 Å². The molecule has 1 aliphatic rings. The number of nitrogens with zero attached hydrogens (tertiary/aromatic N) is 2. The highest BCUT2D eigenvalue weighted by atomic mass is 79.9. The molecule has 1 aromatic heterocycles. The third-order valence-electron chi connectivity index (χ3n) is 6.82. The highest BCUT2D eigenvalue weighted by Gasteiger charge is 2.36. The van der Waals surface area contributed by atoms with Crippen LogP contribution in [0.3, 0.4) is 0 Å². The van der Waals surface area contributed by atoms with Crippen LogP contribution in [-0.4, -0.2) is 36.9 Å². The van der Waals surface area contributed by atoms with Crippen molar-refractivity contribution in [2.24, 2.45) is 5.92 Å². The topological polar surface area (TPSA) is 92.5 Å². The van der Waals surface area contributed by atoms with Crippen LogP contribution in [0.5, 0.6) is 0 Å². The van der Waals surface area contributed by atoms with Crippen molar-refractivity contribution in [2.45, 2.75) is 52.4 Å². The van der Waals surface area contributed by atoms with Gasteiger partial charge in [-0.25, -0.2) is 8.42 Å². The van der Waals surface area contributed by atoms with E-state index in [1.807, 2.05) is 52.0 Å². The van der Waals surface area contributed by atoms with Crippen LogP contribution < -0.4 is 5.32 Å². The summed E-state index contributed by atoms with van der Waals surface area (Å²) in [7, 11) is -3.84. The second kappa shape index (κ2) is 10.9. The average molecular weight is 587 g/mol. The van der Waals surface area contributed by atoms with Crippen molar-refractivity contribution in [1.82, 2.24) is 9.46 Å². The number of carbonyl (C=O) groups is 1. The number of aryl methyl sites for hydroxylation is 5. The lowest BCUT2D eigenvalue weighted by Crippen LogP contribution is -2.41. The van der Waals surface area contributed by atoms with Crippen molar-refractivity contribution < 1.29 is 17.7 Å². The van der Waals surface area contributed by atoms with E-state index in [-0.39, 0.29) is 35.6 Å². The Hall–Kier alpha value is -2.75. The van der Waals surface area contributed by atoms with E-state index in [4.69, 9.17) is 4.52 Å². The zero-order valence-corrected chi connectivity index (χ0v) is 24.2. The van der Waals surface area contributed by atoms with Gasteiger partial charge in [0.1, 0.15) is 5.69 Å². The molecular formula is C28H32BrN3O4S. The monoisotopic (exact) mass is 585 g/mol. The van der Waals surface area contributed by atoms with E-state index >= 15 is 0 Å². The van der Waals surface area contributed by atoms with Crippen LogP contribution in [-0.2, 0) is 14.8 Å². The Morgan fingerprint density at radius 3 is 2.30 bits per heavy atom. The Bertz CT molecular complexity index is 1450. The predicted molar refractivity (Wildman–Crippen MR) is 150 cm³/mol. The molecule has 1 N–H and O–H groups in total. The van der Waals surface area contributed by atoms with Crippen LogP contribution in [0, 0.1) is 40.5 Å². The third kappa shape index (κ3) is 5.89. The number of sulfonamides is 1. The lowest BCUT2D eigenvalue weighted by Gasteiger charge is -2.30. The highest BCUT2D eigenvalue weighted by molar-refractivity contribution is 9.10. The van der Waals surface area contributed by atoms with E-state index in [2.05, 4.69) is 38.5 Å². The molecule has 7 nitrogen and oxygen atoms in total. The summed E-state index contributed by atoms with van der Waals surface area (Å²) >= 11 is 3.46. The fourth-order valence-electron chi connectivity index (χ4n) is 4.87. The minimum absolute atomic E-state index is 0.0828. The Morgan fingerprint density at radius 2 is 1.68 bits per heavy atom. The van der Waals surface area contributed by atoms with Gasteiger partial charge in [-0.05, 0) is 94.0 Å². The first-order valence-corrected chi connectivity index (χ1v) is 14.5. The van der Waals surface area contributed by atoms with Crippen molar-refractivity contribution >= 4 is 49.7 Å². The summed E-state index contributed by atoms with van der Waals surface area (Å²) in [5.74, 6) is -0.138. The maximum atomic E-state index is 13.6.